The summed E-state index contributed by atoms with van der Waals surface area (Å²) in [5.74, 6) is -0.285. The van der Waals surface area contributed by atoms with Gasteiger partial charge in [-0.3, -0.25) is 4.79 Å². The molecule has 2 saturated heterocycles. The molecule has 5 aliphatic rings. The second-order valence-corrected chi connectivity index (χ2v) is 7.63. The van der Waals surface area contributed by atoms with Crippen molar-refractivity contribution >= 4 is 11.9 Å². The highest BCUT2D eigenvalue weighted by molar-refractivity contribution is 5.86. The number of fused-ring (bicyclic) bond motifs is 2. The molecule has 3 aliphatic heterocycles. The Morgan fingerprint density at radius 2 is 1.95 bits per heavy atom. The summed E-state index contributed by atoms with van der Waals surface area (Å²) in [6.45, 7) is 4.46. The van der Waals surface area contributed by atoms with Crippen LogP contribution in [0.1, 0.15) is 33.1 Å². The van der Waals surface area contributed by atoms with Crippen molar-refractivity contribution in [3.05, 3.63) is 11.6 Å². The Morgan fingerprint density at radius 3 is 2.76 bits per heavy atom. The number of carbonyl (C=O) groups excluding carboxylic acids is 2. The number of carbonyl (C=O) groups is 2. The van der Waals surface area contributed by atoms with E-state index < -0.39 is 11.0 Å². The normalized spacial score (nSPS) is 56.5. The molecule has 4 fully saturated rings. The molecule has 6 atom stereocenters. The molecule has 4 unspecified atom stereocenters. The van der Waals surface area contributed by atoms with Crippen LogP contribution in [0.5, 0.6) is 0 Å². The summed E-state index contributed by atoms with van der Waals surface area (Å²) in [7, 11) is 0. The maximum absolute atomic E-state index is 12.5. The van der Waals surface area contributed by atoms with E-state index in [1.54, 1.807) is 6.08 Å². The molecule has 0 aromatic rings. The Balaban J connectivity index is 1.74. The van der Waals surface area contributed by atoms with E-state index in [0.29, 0.717) is 0 Å². The molecule has 5 nitrogen and oxygen atoms in total. The molecule has 112 valence electrons. The summed E-state index contributed by atoms with van der Waals surface area (Å²) in [5, 5.41) is 0. The summed E-state index contributed by atoms with van der Waals surface area (Å²) < 4.78 is 16.9. The highest BCUT2D eigenvalue weighted by Gasteiger charge is 2.80. The largest absolute Gasteiger partial charge is 0.459 e. The van der Waals surface area contributed by atoms with Gasteiger partial charge in [-0.15, -0.1) is 0 Å². The zero-order chi connectivity index (χ0) is 14.6. The first-order valence-electron chi connectivity index (χ1n) is 7.70. The Hall–Kier alpha value is -1.36. The minimum Gasteiger partial charge on any atom is -0.459 e. The van der Waals surface area contributed by atoms with Crippen LogP contribution < -0.4 is 0 Å². The molecular formula is C16H18O5. The summed E-state index contributed by atoms with van der Waals surface area (Å²) in [4.78, 5) is 24.2. The average Bonchev–Trinajstić information content (AvgIpc) is 3.08. The van der Waals surface area contributed by atoms with Gasteiger partial charge in [-0.25, -0.2) is 4.79 Å². The van der Waals surface area contributed by atoms with Gasteiger partial charge >= 0.3 is 11.9 Å². The van der Waals surface area contributed by atoms with Gasteiger partial charge in [0, 0.05) is 12.0 Å². The number of cyclic esters (lactones) is 1. The smallest absolute Gasteiger partial charge is 0.330 e. The molecule has 2 aliphatic carbocycles. The Kier molecular flexibility index (Phi) is 1.85. The van der Waals surface area contributed by atoms with Gasteiger partial charge in [0.1, 0.15) is 18.8 Å². The molecular weight excluding hydrogens is 272 g/mol. The van der Waals surface area contributed by atoms with E-state index in [4.69, 9.17) is 14.2 Å². The fourth-order valence-electron chi connectivity index (χ4n) is 5.70. The van der Waals surface area contributed by atoms with Crippen molar-refractivity contribution in [1.82, 2.24) is 0 Å². The third-order valence-corrected chi connectivity index (χ3v) is 6.60. The number of ether oxygens (including phenoxy) is 3. The van der Waals surface area contributed by atoms with Crippen LogP contribution in [0.4, 0.5) is 0 Å². The molecule has 5 heteroatoms. The second-order valence-electron chi connectivity index (χ2n) is 7.63. The summed E-state index contributed by atoms with van der Waals surface area (Å²) in [6, 6.07) is 0. The zero-order valence-electron chi connectivity index (χ0n) is 12.2. The molecule has 0 bridgehead atoms. The minimum atomic E-state index is -0.521. The van der Waals surface area contributed by atoms with Gasteiger partial charge in [0.25, 0.3) is 0 Å². The van der Waals surface area contributed by atoms with Crippen LogP contribution in [0.15, 0.2) is 11.6 Å². The number of rotatable bonds is 0. The van der Waals surface area contributed by atoms with Gasteiger partial charge in [0.15, 0.2) is 5.60 Å². The standard InChI is InChI=1S/C16H18O5/c1-14-4-3-5-15(2)11(14)10(20-13(15)18)12-16(21-12)7-19-9(17)6-8(14)16/h6,10-12H,3-5,7H2,1-2H3/t10-,11?,12?,14+,15?,16?/m0/s1. The maximum Gasteiger partial charge on any atom is 0.330 e. The Morgan fingerprint density at radius 1 is 1.19 bits per heavy atom. The molecule has 2 saturated carbocycles. The van der Waals surface area contributed by atoms with Crippen molar-refractivity contribution in [3.63, 3.8) is 0 Å². The fraction of sp³-hybridized carbons (Fsp3) is 0.750. The lowest BCUT2D eigenvalue weighted by Crippen LogP contribution is -2.57. The predicted molar refractivity (Wildman–Crippen MR) is 70.1 cm³/mol. The van der Waals surface area contributed by atoms with Gasteiger partial charge in [-0.05, 0) is 30.8 Å². The molecule has 0 amide bonds. The lowest BCUT2D eigenvalue weighted by molar-refractivity contribution is -0.149. The first-order valence-corrected chi connectivity index (χ1v) is 7.70. The van der Waals surface area contributed by atoms with Crippen LogP contribution in [0.3, 0.4) is 0 Å². The van der Waals surface area contributed by atoms with Crippen molar-refractivity contribution in [2.75, 3.05) is 6.61 Å². The van der Waals surface area contributed by atoms with Gasteiger partial charge in [0.2, 0.25) is 0 Å². The molecule has 0 aromatic heterocycles. The van der Waals surface area contributed by atoms with Crippen LogP contribution in [-0.2, 0) is 23.8 Å². The van der Waals surface area contributed by atoms with E-state index in [2.05, 4.69) is 6.92 Å². The van der Waals surface area contributed by atoms with Crippen molar-refractivity contribution in [2.24, 2.45) is 16.7 Å². The summed E-state index contributed by atoms with van der Waals surface area (Å²) in [6.07, 6.45) is 4.09. The Labute approximate surface area is 122 Å². The third-order valence-electron chi connectivity index (χ3n) is 6.60. The first-order chi connectivity index (χ1) is 9.92. The highest BCUT2D eigenvalue weighted by Crippen LogP contribution is 2.71. The van der Waals surface area contributed by atoms with Crippen LogP contribution in [0.25, 0.3) is 0 Å². The van der Waals surface area contributed by atoms with Gasteiger partial charge < -0.3 is 14.2 Å². The molecule has 0 aromatic carbocycles. The van der Waals surface area contributed by atoms with Gasteiger partial charge in [-0.1, -0.05) is 13.3 Å². The minimum absolute atomic E-state index is 0.0967. The quantitative estimate of drug-likeness (QED) is 0.498. The predicted octanol–water partition coefficient (Wildman–Crippen LogP) is 1.36. The molecule has 21 heavy (non-hydrogen) atoms. The lowest BCUT2D eigenvalue weighted by Gasteiger charge is -2.52. The second kappa shape index (κ2) is 3.19. The van der Waals surface area contributed by atoms with E-state index in [9.17, 15) is 9.59 Å². The SMILES string of the molecule is CC12CCC[C@]3(C)C4=CC(=O)OCC45OC5[C@@H](OC1=O)C23. The van der Waals surface area contributed by atoms with Gasteiger partial charge in [-0.2, -0.15) is 0 Å². The lowest BCUT2D eigenvalue weighted by atomic mass is 9.48. The van der Waals surface area contributed by atoms with Crippen molar-refractivity contribution in [1.29, 1.82) is 0 Å². The summed E-state index contributed by atoms with van der Waals surface area (Å²) >= 11 is 0. The van der Waals surface area contributed by atoms with E-state index in [0.717, 1.165) is 24.8 Å². The number of esters is 2. The maximum atomic E-state index is 12.5. The van der Waals surface area contributed by atoms with Crippen molar-refractivity contribution in [2.45, 2.75) is 50.9 Å². The first kappa shape index (κ1) is 12.2. The van der Waals surface area contributed by atoms with E-state index in [1.165, 1.54) is 0 Å². The van der Waals surface area contributed by atoms with Crippen LogP contribution in [0.2, 0.25) is 0 Å². The molecule has 3 heterocycles. The number of hydrogen-bond donors (Lipinski definition) is 0. The third kappa shape index (κ3) is 1.13. The van der Waals surface area contributed by atoms with Crippen LogP contribution in [0, 0.1) is 16.7 Å². The fourth-order valence-corrected chi connectivity index (χ4v) is 5.70. The van der Waals surface area contributed by atoms with E-state index in [-0.39, 0.29) is 42.1 Å². The van der Waals surface area contributed by atoms with Crippen molar-refractivity contribution in [3.8, 4) is 0 Å². The highest BCUT2D eigenvalue weighted by atomic mass is 16.7. The number of epoxide rings is 1. The van der Waals surface area contributed by atoms with E-state index in [1.807, 2.05) is 6.92 Å². The van der Waals surface area contributed by atoms with Gasteiger partial charge in [0.05, 0.1) is 5.41 Å². The molecule has 1 spiro atoms. The number of hydrogen-bond acceptors (Lipinski definition) is 5. The topological polar surface area (TPSA) is 65.1 Å². The zero-order valence-corrected chi connectivity index (χ0v) is 12.2. The molecule has 0 N–H and O–H groups in total. The molecule has 5 rings (SSSR count). The van der Waals surface area contributed by atoms with Crippen LogP contribution in [-0.4, -0.2) is 36.4 Å². The average molecular weight is 290 g/mol. The molecule has 0 radical (unpaired) electrons. The van der Waals surface area contributed by atoms with E-state index >= 15 is 0 Å². The van der Waals surface area contributed by atoms with Crippen LogP contribution >= 0.6 is 0 Å². The monoisotopic (exact) mass is 290 g/mol. The van der Waals surface area contributed by atoms with Crippen molar-refractivity contribution < 1.29 is 23.8 Å². The Bertz CT molecular complexity index is 624. The summed E-state index contributed by atoms with van der Waals surface area (Å²) in [5.41, 5.74) is -0.136.